The predicted molar refractivity (Wildman–Crippen MR) is 127 cm³/mol. The van der Waals surface area contributed by atoms with E-state index >= 15 is 0 Å². The first-order chi connectivity index (χ1) is 15.2. The van der Waals surface area contributed by atoms with Gasteiger partial charge in [-0.2, -0.15) is 0 Å². The molecule has 1 aromatic heterocycles. The van der Waals surface area contributed by atoms with E-state index in [1.54, 1.807) is 0 Å². The van der Waals surface area contributed by atoms with E-state index in [0.29, 0.717) is 25.0 Å². The molecule has 0 spiro atoms. The van der Waals surface area contributed by atoms with Gasteiger partial charge in [0.05, 0.1) is 6.61 Å². The third-order valence-electron chi connectivity index (χ3n) is 6.43. The van der Waals surface area contributed by atoms with E-state index in [2.05, 4.69) is 16.8 Å². The quantitative estimate of drug-likeness (QED) is 0.435. The van der Waals surface area contributed by atoms with Crippen LogP contribution in [0.25, 0.3) is 10.9 Å². The molecule has 1 aromatic carbocycles. The van der Waals surface area contributed by atoms with E-state index in [1.807, 2.05) is 24.3 Å². The van der Waals surface area contributed by atoms with Crippen molar-refractivity contribution in [3.05, 3.63) is 40.7 Å². The minimum Gasteiger partial charge on any atom is -0.494 e. The molecule has 5 heteroatoms. The van der Waals surface area contributed by atoms with Crippen molar-refractivity contribution in [1.82, 2.24) is 9.88 Å². The second-order valence-electron chi connectivity index (χ2n) is 8.76. The number of aromatic amines is 1. The summed E-state index contributed by atoms with van der Waals surface area (Å²) in [6, 6.07) is 9.62. The van der Waals surface area contributed by atoms with E-state index in [-0.39, 0.29) is 5.56 Å². The Morgan fingerprint density at radius 1 is 1.00 bits per heavy atom. The van der Waals surface area contributed by atoms with Gasteiger partial charge in [-0.25, -0.2) is 0 Å². The number of nitrogens with one attached hydrogen (secondary N) is 1. The van der Waals surface area contributed by atoms with Crippen molar-refractivity contribution < 1.29 is 9.53 Å². The van der Waals surface area contributed by atoms with Crippen LogP contribution in [0.15, 0.2) is 35.1 Å². The van der Waals surface area contributed by atoms with E-state index in [1.165, 1.54) is 51.0 Å². The zero-order valence-electron chi connectivity index (χ0n) is 19.0. The summed E-state index contributed by atoms with van der Waals surface area (Å²) in [5.74, 6) is 1.21. The van der Waals surface area contributed by atoms with Gasteiger partial charge in [-0.3, -0.25) is 9.59 Å². The Labute approximate surface area is 186 Å². The maximum atomic E-state index is 12.6. The highest BCUT2D eigenvalue weighted by Crippen LogP contribution is 2.23. The number of amides is 1. The molecule has 2 aromatic rings. The summed E-state index contributed by atoms with van der Waals surface area (Å²) in [5, 5.41) is 0.983. The highest BCUT2D eigenvalue weighted by atomic mass is 16.5. The standard InChI is InChI=1S/C26H38N2O3/c1-2-28(22-12-8-7-9-13-22)26(30)14-10-5-3-4-6-11-19-31-23-16-17-24-21(20-23)15-18-25(29)27-24/h15-18,20,22H,2-14,19H2,1H3,(H,27,29). The fraction of sp³-hybridized carbons (Fsp3) is 0.615. The van der Waals surface area contributed by atoms with Crippen LogP contribution >= 0.6 is 0 Å². The number of pyridine rings is 1. The number of benzene rings is 1. The first-order valence-electron chi connectivity index (χ1n) is 12.2. The van der Waals surface area contributed by atoms with Crippen LogP contribution in [0.5, 0.6) is 5.75 Å². The molecule has 0 saturated heterocycles. The lowest BCUT2D eigenvalue weighted by atomic mass is 9.94. The average molecular weight is 427 g/mol. The molecule has 31 heavy (non-hydrogen) atoms. The fourth-order valence-electron chi connectivity index (χ4n) is 4.67. The number of carbonyl (C=O) groups is 1. The number of fused-ring (bicyclic) bond motifs is 1. The molecule has 0 atom stereocenters. The van der Waals surface area contributed by atoms with Gasteiger partial charge in [-0.05, 0) is 56.9 Å². The van der Waals surface area contributed by atoms with Gasteiger partial charge in [0, 0.05) is 36.0 Å². The minimum atomic E-state index is -0.0857. The highest BCUT2D eigenvalue weighted by Gasteiger charge is 2.23. The molecule has 1 heterocycles. The number of hydrogen-bond acceptors (Lipinski definition) is 3. The zero-order valence-corrected chi connectivity index (χ0v) is 19.0. The number of ether oxygens (including phenoxy) is 1. The highest BCUT2D eigenvalue weighted by molar-refractivity contribution is 5.79. The van der Waals surface area contributed by atoms with Gasteiger partial charge in [0.2, 0.25) is 11.5 Å². The first-order valence-corrected chi connectivity index (χ1v) is 12.2. The third kappa shape index (κ3) is 7.41. The van der Waals surface area contributed by atoms with Crippen LogP contribution in [-0.4, -0.2) is 35.0 Å². The average Bonchev–Trinajstić information content (AvgIpc) is 2.79. The van der Waals surface area contributed by atoms with Gasteiger partial charge in [0.1, 0.15) is 5.75 Å². The van der Waals surface area contributed by atoms with Crippen molar-refractivity contribution >= 4 is 16.8 Å². The number of H-pyrrole nitrogens is 1. The van der Waals surface area contributed by atoms with Gasteiger partial charge in [-0.1, -0.05) is 44.9 Å². The molecular formula is C26H38N2O3. The lowest BCUT2D eigenvalue weighted by Crippen LogP contribution is -2.41. The Bertz CT molecular complexity index is 870. The number of carbonyl (C=O) groups excluding carboxylic acids is 1. The predicted octanol–water partition coefficient (Wildman–Crippen LogP) is 5.82. The van der Waals surface area contributed by atoms with E-state index in [9.17, 15) is 9.59 Å². The van der Waals surface area contributed by atoms with Crippen molar-refractivity contribution in [2.45, 2.75) is 90.0 Å². The second-order valence-corrected chi connectivity index (χ2v) is 8.76. The largest absolute Gasteiger partial charge is 0.494 e. The monoisotopic (exact) mass is 426 g/mol. The lowest BCUT2D eigenvalue weighted by molar-refractivity contribution is -0.134. The van der Waals surface area contributed by atoms with Crippen molar-refractivity contribution in [3.8, 4) is 5.75 Å². The summed E-state index contributed by atoms with van der Waals surface area (Å²) >= 11 is 0. The van der Waals surface area contributed by atoms with E-state index in [4.69, 9.17) is 4.74 Å². The molecule has 1 aliphatic carbocycles. The van der Waals surface area contributed by atoms with Crippen LogP contribution in [0.2, 0.25) is 0 Å². The van der Waals surface area contributed by atoms with Crippen LogP contribution in [0.4, 0.5) is 0 Å². The van der Waals surface area contributed by atoms with Crippen LogP contribution in [0.1, 0.15) is 84.0 Å². The maximum absolute atomic E-state index is 12.6. The normalized spacial score (nSPS) is 14.6. The van der Waals surface area contributed by atoms with Gasteiger partial charge in [0.15, 0.2) is 0 Å². The number of hydrogen-bond donors (Lipinski definition) is 1. The fourth-order valence-corrected chi connectivity index (χ4v) is 4.67. The molecule has 1 saturated carbocycles. The summed E-state index contributed by atoms with van der Waals surface area (Å²) in [7, 11) is 0. The molecule has 1 fully saturated rings. The summed E-state index contributed by atoms with van der Waals surface area (Å²) in [6.07, 6.45) is 13.7. The molecule has 5 nitrogen and oxygen atoms in total. The third-order valence-corrected chi connectivity index (χ3v) is 6.43. The molecule has 0 unspecified atom stereocenters. The van der Waals surface area contributed by atoms with Gasteiger partial charge >= 0.3 is 0 Å². The molecule has 0 bridgehead atoms. The van der Waals surface area contributed by atoms with E-state index < -0.39 is 0 Å². The van der Waals surface area contributed by atoms with Crippen molar-refractivity contribution in [1.29, 1.82) is 0 Å². The zero-order chi connectivity index (χ0) is 21.9. The SMILES string of the molecule is CCN(C(=O)CCCCCCCCOc1ccc2[nH]c(=O)ccc2c1)C1CCCCC1. The summed E-state index contributed by atoms with van der Waals surface area (Å²) in [6.45, 7) is 3.69. The Hall–Kier alpha value is -2.30. The van der Waals surface area contributed by atoms with Crippen molar-refractivity contribution in [3.63, 3.8) is 0 Å². The molecule has 3 rings (SSSR count). The van der Waals surface area contributed by atoms with Crippen molar-refractivity contribution in [2.75, 3.05) is 13.2 Å². The molecule has 1 aliphatic rings. The topological polar surface area (TPSA) is 62.4 Å². The van der Waals surface area contributed by atoms with Gasteiger partial charge in [0.25, 0.3) is 0 Å². The maximum Gasteiger partial charge on any atom is 0.248 e. The summed E-state index contributed by atoms with van der Waals surface area (Å²) in [4.78, 5) is 28.9. The molecule has 0 aliphatic heterocycles. The molecule has 170 valence electrons. The second kappa shape index (κ2) is 12.5. The number of rotatable bonds is 12. The van der Waals surface area contributed by atoms with Crippen LogP contribution in [-0.2, 0) is 4.79 Å². The molecular weight excluding hydrogens is 388 g/mol. The number of unbranched alkanes of at least 4 members (excludes halogenated alkanes) is 5. The molecule has 0 radical (unpaired) electrons. The van der Waals surface area contributed by atoms with Crippen LogP contribution in [0, 0.1) is 0 Å². The summed E-state index contributed by atoms with van der Waals surface area (Å²) < 4.78 is 5.86. The van der Waals surface area contributed by atoms with E-state index in [0.717, 1.165) is 48.9 Å². The first kappa shape index (κ1) is 23.4. The van der Waals surface area contributed by atoms with Crippen LogP contribution < -0.4 is 10.3 Å². The number of aromatic nitrogens is 1. The summed E-state index contributed by atoms with van der Waals surface area (Å²) in [5.41, 5.74) is 0.747. The number of nitrogens with zero attached hydrogens (tertiary/aromatic N) is 1. The lowest BCUT2D eigenvalue weighted by Gasteiger charge is -2.33. The Balaban J connectivity index is 1.23. The Morgan fingerprint density at radius 3 is 2.52 bits per heavy atom. The van der Waals surface area contributed by atoms with Gasteiger partial charge in [-0.15, -0.1) is 0 Å². The Morgan fingerprint density at radius 2 is 1.74 bits per heavy atom. The van der Waals surface area contributed by atoms with Crippen LogP contribution in [0.3, 0.4) is 0 Å². The smallest absolute Gasteiger partial charge is 0.248 e. The molecule has 1 N–H and O–H groups in total. The van der Waals surface area contributed by atoms with Crippen molar-refractivity contribution in [2.24, 2.45) is 0 Å². The molecule has 1 amide bonds. The van der Waals surface area contributed by atoms with Gasteiger partial charge < -0.3 is 14.6 Å². The minimum absolute atomic E-state index is 0.0857. The Kier molecular flexibility index (Phi) is 9.44.